The molecule has 8 fully saturated rings. The summed E-state index contributed by atoms with van der Waals surface area (Å²) < 4.78 is 118. The molecule has 0 aromatic heterocycles. The number of imide groups is 7. The second-order valence-corrected chi connectivity index (χ2v) is 37.0. The van der Waals surface area contributed by atoms with E-state index in [0.29, 0.717) is 67.3 Å². The van der Waals surface area contributed by atoms with Crippen molar-refractivity contribution in [2.45, 2.75) is 322 Å². The molecule has 0 spiro atoms. The fourth-order valence-corrected chi connectivity index (χ4v) is 11.5. The maximum atomic E-state index is 13.4. The average Bonchev–Trinajstić information content (AvgIpc) is 1.76. The van der Waals surface area contributed by atoms with Crippen molar-refractivity contribution in [1.82, 2.24) is 39.9 Å². The van der Waals surface area contributed by atoms with Gasteiger partial charge in [0.05, 0.1) is 48.9 Å². The number of rotatable bonds is 18. The van der Waals surface area contributed by atoms with E-state index in [0.717, 1.165) is 53.1 Å². The molecule has 0 bridgehead atoms. The quantitative estimate of drug-likeness (QED) is 0.0212. The number of hydroxylamine groups is 8. The van der Waals surface area contributed by atoms with E-state index in [4.69, 9.17) is 24.7 Å². The van der Waals surface area contributed by atoms with E-state index >= 15 is 0 Å². The average molecular weight is 2010 g/mol. The van der Waals surface area contributed by atoms with Crippen LogP contribution in [0.3, 0.4) is 0 Å². The zero-order valence-electron chi connectivity index (χ0n) is 87.4. The van der Waals surface area contributed by atoms with Crippen LogP contribution in [0.15, 0.2) is 49.1 Å². The van der Waals surface area contributed by atoms with Crippen LogP contribution in [0.25, 0.3) is 0 Å². The largest absolute Gasteiger partial charge is 0.485 e. The zero-order chi connectivity index (χ0) is 110. The van der Waals surface area contributed by atoms with Crippen molar-refractivity contribution in [1.29, 1.82) is 5.41 Å². The van der Waals surface area contributed by atoms with Gasteiger partial charge in [0.15, 0.2) is 46.6 Å². The van der Waals surface area contributed by atoms with Gasteiger partial charge in [0.25, 0.3) is 35.4 Å². The fraction of sp³-hybridized carbons (Fsp3) is 0.606. The molecule has 8 heterocycles. The van der Waals surface area contributed by atoms with Gasteiger partial charge in [0, 0.05) is 139 Å². The Balaban J connectivity index is 0. The highest BCUT2D eigenvalue weighted by atomic mass is 19.2. The molecule has 2 aromatic rings. The Kier molecular flexibility index (Phi) is 56.5. The van der Waals surface area contributed by atoms with Gasteiger partial charge in [0.2, 0.25) is 64.6 Å². The van der Waals surface area contributed by atoms with E-state index in [1.807, 2.05) is 69.2 Å². The third-order valence-electron chi connectivity index (χ3n) is 20.0. The summed E-state index contributed by atoms with van der Waals surface area (Å²) in [5.74, 6) is -21.3. The molecular weight excluding hydrogens is 1870 g/mol. The Hall–Kier alpha value is -12.1. The number of ether oxygens (including phenoxy) is 3. The lowest BCUT2D eigenvalue weighted by molar-refractivity contribution is -0.200. The number of carbonyl (C=O) groups is 18. The Labute approximate surface area is 821 Å². The van der Waals surface area contributed by atoms with E-state index in [9.17, 15) is 121 Å². The number of methoxy groups -OCH3 is 1. The summed E-state index contributed by atoms with van der Waals surface area (Å²) in [5, 5.41) is 10.7. The van der Waals surface area contributed by atoms with Crippen LogP contribution in [-0.2, 0) is 110 Å². The van der Waals surface area contributed by atoms with Crippen LogP contribution in [0.4, 0.5) is 35.1 Å². The summed E-state index contributed by atoms with van der Waals surface area (Å²) >= 11 is 0. The summed E-state index contributed by atoms with van der Waals surface area (Å²) in [4.78, 5) is 226. The number of ketones is 1. The number of benzene rings is 2. The molecular formula is C99H145F8N9O25. The van der Waals surface area contributed by atoms with Crippen molar-refractivity contribution < 1.29 is 155 Å². The lowest BCUT2D eigenvalue weighted by Crippen LogP contribution is -2.39. The smallest absolute Gasteiger partial charge is 0.335 e. The van der Waals surface area contributed by atoms with E-state index < -0.39 is 111 Å². The normalized spacial score (nSPS) is 17.6. The number of halogens is 8. The molecule has 1 N–H and O–H groups in total. The molecule has 4 atom stereocenters. The van der Waals surface area contributed by atoms with E-state index in [-0.39, 0.29) is 179 Å². The first-order chi connectivity index (χ1) is 64.7. The Bertz CT molecular complexity index is 4770. The number of nitrogens with zero attached hydrogens (tertiary/aromatic N) is 8. The van der Waals surface area contributed by atoms with Crippen LogP contribution < -0.4 is 9.47 Å². The second-order valence-electron chi connectivity index (χ2n) is 37.0. The number of carbonyl (C=O) groups excluding carboxylic acids is 18. The Morgan fingerprint density at radius 2 is 0.660 bits per heavy atom. The van der Waals surface area contributed by atoms with E-state index in [1.54, 1.807) is 109 Å². The number of hydrogen-bond donors (Lipinski definition) is 1. The summed E-state index contributed by atoms with van der Waals surface area (Å²) in [7, 11) is 1.52. The van der Waals surface area contributed by atoms with Crippen LogP contribution in [0.2, 0.25) is 0 Å². The summed E-state index contributed by atoms with van der Waals surface area (Å²) in [5.41, 5.74) is 1.60. The number of allylic oxidation sites excluding steroid dienone is 4. The minimum absolute atomic E-state index is 0.0138. The van der Waals surface area contributed by atoms with Gasteiger partial charge in [-0.15, -0.1) is 10.1 Å². The van der Waals surface area contributed by atoms with Gasteiger partial charge in [0.1, 0.15) is 5.78 Å². The molecule has 42 heteroatoms. The number of amides is 14. The number of esters is 1. The van der Waals surface area contributed by atoms with E-state index in [2.05, 4.69) is 40.6 Å². The summed E-state index contributed by atoms with van der Waals surface area (Å²) in [6.45, 7) is 67.4. The highest BCUT2D eigenvalue weighted by Gasteiger charge is 2.43. The van der Waals surface area contributed by atoms with E-state index in [1.165, 1.54) is 49.7 Å². The monoisotopic (exact) mass is 2010 g/mol. The predicted molar refractivity (Wildman–Crippen MR) is 501 cm³/mol. The number of Topliss-reactive ketones (excluding diaryl/α,β-unsaturated/α-hetero) is 1. The second kappa shape index (κ2) is 60.9. The third kappa shape index (κ3) is 41.2. The van der Waals surface area contributed by atoms with Crippen molar-refractivity contribution >= 4 is 112 Å². The van der Waals surface area contributed by atoms with Gasteiger partial charge in [-0.25, -0.2) is 40.8 Å². The molecule has 8 aliphatic rings. The third-order valence-corrected chi connectivity index (χ3v) is 20.0. The van der Waals surface area contributed by atoms with Crippen LogP contribution in [0, 0.1) is 131 Å². The Morgan fingerprint density at radius 1 is 0.326 bits per heavy atom. The van der Waals surface area contributed by atoms with Crippen LogP contribution in [-0.4, -0.2) is 190 Å². The van der Waals surface area contributed by atoms with Gasteiger partial charge in [-0.1, -0.05) is 151 Å². The minimum atomic E-state index is -1.87. The minimum Gasteiger partial charge on any atom is -0.485 e. The van der Waals surface area contributed by atoms with Gasteiger partial charge in [-0.2, -0.15) is 18.9 Å². The van der Waals surface area contributed by atoms with Crippen molar-refractivity contribution in [3.05, 3.63) is 107 Å². The van der Waals surface area contributed by atoms with Gasteiger partial charge < -0.3 is 28.8 Å². The molecule has 4 unspecified atom stereocenters. The SMILES string of the molecule is C=C1CCC(=O)N1C(=O)C(C)C.C=C1CCC(=O)N1C(C)C.C=C1CCC(=O)N1OC(=O)C(C)C.C=C1CCC(=O)N1OC(C)C.CC(=O)C(C)C.CC(C)C(=O)N1C(=O)CC(C)C1=O.CC(C)C(=O)ON1C(=O)CC(C)C1=O.CC(C)ON1C(=O)CC(C)C1=O.CC1CC(=O)N(C(C)C)C1=O.COC(=N)C(C)C.Cc1c(F)c(F)c(F)c(OC(=O)C(C)C)c1F.Cc1c(F)c(F)c(F)c(OC(C)C)c1F. The van der Waals surface area contributed by atoms with Crippen molar-refractivity contribution in [3.8, 4) is 11.5 Å². The van der Waals surface area contributed by atoms with Crippen molar-refractivity contribution in [3.63, 3.8) is 0 Å². The zero-order valence-corrected chi connectivity index (χ0v) is 87.4. The maximum Gasteiger partial charge on any atom is 0.335 e. The first-order valence-electron chi connectivity index (χ1n) is 46.2. The molecule has 10 rings (SSSR count). The van der Waals surface area contributed by atoms with Gasteiger partial charge in [-0.3, -0.25) is 102 Å². The fourth-order valence-electron chi connectivity index (χ4n) is 11.5. The number of likely N-dealkylation sites (tertiary alicyclic amines) is 4. The van der Waals surface area contributed by atoms with Crippen molar-refractivity contribution in [2.24, 2.45) is 65.1 Å². The molecule has 8 saturated heterocycles. The Morgan fingerprint density at radius 3 is 0.936 bits per heavy atom. The van der Waals surface area contributed by atoms with Gasteiger partial charge >= 0.3 is 17.9 Å². The molecule has 8 aliphatic heterocycles. The molecule has 2 aromatic carbocycles. The summed E-state index contributed by atoms with van der Waals surface area (Å²) in [6.07, 6.45) is 5.06. The predicted octanol–water partition coefficient (Wildman–Crippen LogP) is 17.1. The molecule has 0 radical (unpaired) electrons. The molecule has 14 amide bonds. The first-order valence-corrected chi connectivity index (χ1v) is 46.2. The van der Waals surface area contributed by atoms with Crippen LogP contribution in [0.5, 0.6) is 11.5 Å². The molecule has 0 saturated carbocycles. The van der Waals surface area contributed by atoms with Crippen molar-refractivity contribution in [2.75, 3.05) is 7.11 Å². The lowest BCUT2D eigenvalue weighted by Gasteiger charge is -2.21. The standard InChI is InChI=1S/C11H10F4O2.C10H10F4O.C9H13NO4.2C9H13NO3.C9H13NO2.C8H13NO3.2C8H13NO2.C8H13NO.C5H11NO.C5H10O/c1-4(2)11(16)17-10-7(13)5(3)6(12)8(14)9(10)15;1-4(2)15-10-7(12)5(3)6(11)8(13)9(10)14;1-5(2)9(13)14-10-7(11)4-6(3)8(10)12;1-6(2)9(12)13-10-7(3)4-5-8(10)11;1-5(2)8(12)10-7(11)4-6(3)9(10)13;1-6(2)9(12)10-7(3)4-5-8(10)11;1-5(2)12-9-7(10)4-6(3)8(9)11;1-6(2)11-9-7(3)4-5-8(9)10;1-5(2)9-7(10)4-6(3)8(9)11;1-6(2)9-7(3)4-5-8(9)10;1-4(2)5(6)7-3;1-4(2)5(3)6/h4H,1-3H3;4H,1-3H3;5-6H,4H2,1-3H3;6H,3-5H2,1-2H3;5-6H,4H2,1-3H3;6H,3-5H2,1-2H3;5-6H,4H2,1-3H3;6H,3-5H2,1-2H3;5-6H,4H2,1-3H3;6H,3-5H2,1-2H3;4,6H,1-3H3;4H,1-3H3. The number of nitrogens with one attached hydrogen (secondary N) is 1. The lowest BCUT2D eigenvalue weighted by atomic mass is 10.1. The first kappa shape index (κ1) is 131. The maximum absolute atomic E-state index is 13.4. The molecule has 141 heavy (non-hydrogen) atoms. The molecule has 792 valence electrons. The topological polar surface area (TPSA) is 422 Å². The van der Waals surface area contributed by atoms with Crippen LogP contribution >= 0.6 is 0 Å². The highest BCUT2D eigenvalue weighted by Crippen LogP contribution is 2.34. The number of hydrogen-bond acceptors (Lipinski definition) is 26. The van der Waals surface area contributed by atoms with Crippen LogP contribution in [0.1, 0.15) is 289 Å². The summed E-state index contributed by atoms with van der Waals surface area (Å²) in [6, 6.07) is 0.294. The van der Waals surface area contributed by atoms with Gasteiger partial charge in [-0.05, 0) is 116 Å². The molecule has 0 aliphatic carbocycles. The highest BCUT2D eigenvalue weighted by molar-refractivity contribution is 6.16. The molecule has 34 nitrogen and oxygen atoms in total.